The number of anilines is 1. The largest absolute Gasteiger partial charge is 0.491 e. The fourth-order valence-corrected chi connectivity index (χ4v) is 2.02. The molecule has 0 unspecified atom stereocenters. The fourth-order valence-electron chi connectivity index (χ4n) is 2.02. The average Bonchev–Trinajstić information content (AvgIpc) is 2.66. The number of nitrogens with zero attached hydrogens (tertiary/aromatic N) is 2. The van der Waals surface area contributed by atoms with Gasteiger partial charge in [-0.3, -0.25) is 0 Å². The zero-order valence-electron chi connectivity index (χ0n) is 13.7. The maximum Gasteiger partial charge on any atom is 0.491 e. The maximum absolute atomic E-state index is 5.99. The predicted octanol–water partition coefficient (Wildman–Crippen LogP) is 1.04. The van der Waals surface area contributed by atoms with Gasteiger partial charge in [0.2, 0.25) is 0 Å². The van der Waals surface area contributed by atoms with Gasteiger partial charge in [-0.1, -0.05) is 0 Å². The Morgan fingerprint density at radius 3 is 2.41 bits per heavy atom. The third kappa shape index (κ3) is 3.09. The first-order valence-electron chi connectivity index (χ1n) is 7.13. The fraction of sp³-hybridized carbons (Fsp3) is 0.571. The van der Waals surface area contributed by atoms with Crippen LogP contribution < -0.4 is 16.2 Å². The van der Waals surface area contributed by atoms with Crippen molar-refractivity contribution in [1.29, 1.82) is 0 Å². The van der Waals surface area contributed by atoms with Gasteiger partial charge in [0.05, 0.1) is 30.2 Å². The second-order valence-electron chi connectivity index (χ2n) is 6.20. The highest BCUT2D eigenvalue weighted by Crippen LogP contribution is 2.38. The van der Waals surface area contributed by atoms with Crippen LogP contribution in [-0.4, -0.2) is 41.9 Å². The van der Waals surface area contributed by atoms with Crippen LogP contribution in [-0.2, 0) is 9.31 Å². The lowest BCUT2D eigenvalue weighted by molar-refractivity contribution is 0.00578. The quantitative estimate of drug-likeness (QED) is 0.801. The van der Waals surface area contributed by atoms with Gasteiger partial charge in [0.25, 0.3) is 5.88 Å². The van der Waals surface area contributed by atoms with E-state index in [2.05, 4.69) is 9.97 Å². The van der Waals surface area contributed by atoms with Gasteiger partial charge in [-0.15, -0.1) is 0 Å². The first-order valence-corrected chi connectivity index (χ1v) is 7.13. The molecule has 0 atom stereocenters. The van der Waals surface area contributed by atoms with Crippen LogP contribution in [0.4, 0.5) is 5.82 Å². The number of aromatic nitrogens is 2. The van der Waals surface area contributed by atoms with Crippen LogP contribution in [0, 0.1) is 0 Å². The first-order chi connectivity index (χ1) is 10.2. The van der Waals surface area contributed by atoms with Crippen molar-refractivity contribution in [2.24, 2.45) is 5.73 Å². The van der Waals surface area contributed by atoms with Crippen LogP contribution in [0.25, 0.3) is 6.08 Å². The Hall–Kier alpha value is -1.64. The SMILES string of the molecule is COc1nc(C=C(CN)B2OC(C)(C)C(C)(C)O2)cnc1N. The third-order valence-electron chi connectivity index (χ3n) is 4.10. The van der Waals surface area contributed by atoms with Gasteiger partial charge < -0.3 is 25.5 Å². The van der Waals surface area contributed by atoms with Crippen LogP contribution in [0.3, 0.4) is 0 Å². The molecule has 1 aliphatic rings. The molecule has 0 radical (unpaired) electrons. The highest BCUT2D eigenvalue weighted by atomic mass is 16.7. The second-order valence-corrected chi connectivity index (χ2v) is 6.20. The Kier molecular flexibility index (Phi) is 4.46. The lowest BCUT2D eigenvalue weighted by Crippen LogP contribution is -2.41. The maximum atomic E-state index is 5.99. The van der Waals surface area contributed by atoms with E-state index in [1.165, 1.54) is 7.11 Å². The van der Waals surface area contributed by atoms with E-state index in [1.54, 1.807) is 12.3 Å². The van der Waals surface area contributed by atoms with Gasteiger partial charge in [-0.25, -0.2) is 9.97 Å². The zero-order valence-corrected chi connectivity index (χ0v) is 13.7. The molecule has 1 saturated heterocycles. The van der Waals surface area contributed by atoms with Crippen LogP contribution in [0.2, 0.25) is 0 Å². The molecule has 2 rings (SSSR count). The van der Waals surface area contributed by atoms with Crippen LogP contribution in [0.1, 0.15) is 33.4 Å². The summed E-state index contributed by atoms with van der Waals surface area (Å²) in [5.41, 5.74) is 12.0. The first kappa shape index (κ1) is 16.7. The van der Waals surface area contributed by atoms with Crippen molar-refractivity contribution in [1.82, 2.24) is 9.97 Å². The Bertz CT molecular complexity index is 573. The average molecular weight is 306 g/mol. The van der Waals surface area contributed by atoms with Gasteiger partial charge >= 0.3 is 7.12 Å². The number of methoxy groups -OCH3 is 1. The number of ether oxygens (including phenoxy) is 1. The van der Waals surface area contributed by atoms with E-state index < -0.39 is 18.3 Å². The van der Waals surface area contributed by atoms with Gasteiger partial charge in [-0.2, -0.15) is 0 Å². The third-order valence-corrected chi connectivity index (χ3v) is 4.10. The highest BCUT2D eigenvalue weighted by Gasteiger charge is 2.52. The molecule has 1 fully saturated rings. The van der Waals surface area contributed by atoms with Gasteiger partial charge in [0.15, 0.2) is 5.82 Å². The summed E-state index contributed by atoms with van der Waals surface area (Å²) >= 11 is 0. The van der Waals surface area contributed by atoms with E-state index in [4.69, 9.17) is 25.5 Å². The summed E-state index contributed by atoms with van der Waals surface area (Å²) in [6.07, 6.45) is 3.34. The molecule has 2 heterocycles. The second kappa shape index (κ2) is 5.87. The normalized spacial score (nSPS) is 20.3. The number of nitrogen functional groups attached to an aromatic ring is 1. The van der Waals surface area contributed by atoms with Crippen molar-refractivity contribution in [2.75, 3.05) is 19.4 Å². The summed E-state index contributed by atoms with van der Waals surface area (Å²) < 4.78 is 17.1. The van der Waals surface area contributed by atoms with E-state index in [0.29, 0.717) is 5.69 Å². The van der Waals surface area contributed by atoms with Gasteiger partial charge in [-0.05, 0) is 39.2 Å². The van der Waals surface area contributed by atoms with Crippen molar-refractivity contribution in [3.05, 3.63) is 17.4 Å². The molecule has 7 nitrogen and oxygen atoms in total. The van der Waals surface area contributed by atoms with Crippen LogP contribution in [0.5, 0.6) is 5.88 Å². The minimum absolute atomic E-state index is 0.240. The molecule has 0 bridgehead atoms. The van der Waals surface area contributed by atoms with Crippen LogP contribution in [0.15, 0.2) is 11.7 Å². The van der Waals surface area contributed by atoms with Crippen molar-refractivity contribution in [3.63, 3.8) is 0 Å². The molecular weight excluding hydrogens is 283 g/mol. The summed E-state index contributed by atoms with van der Waals surface area (Å²) in [7, 11) is 0.978. The number of nitrogens with two attached hydrogens (primary N) is 2. The summed E-state index contributed by atoms with van der Waals surface area (Å²) in [5, 5.41) is 0. The van der Waals surface area contributed by atoms with E-state index >= 15 is 0 Å². The minimum Gasteiger partial charge on any atom is -0.478 e. The molecule has 0 spiro atoms. The standard InChI is InChI=1S/C14H23BN4O3/c1-13(2)14(3,4)22-15(21-13)9(7-16)6-10-8-18-11(17)12(19-10)20-5/h6,8H,7,16H2,1-5H3,(H2,17,18). The van der Waals surface area contributed by atoms with E-state index in [-0.39, 0.29) is 18.2 Å². The number of hydrogen-bond acceptors (Lipinski definition) is 7. The zero-order chi connectivity index (χ0) is 16.5. The molecular formula is C14H23BN4O3. The number of hydrogen-bond donors (Lipinski definition) is 2. The molecule has 4 N–H and O–H groups in total. The monoisotopic (exact) mass is 306 g/mol. The number of rotatable bonds is 4. The van der Waals surface area contributed by atoms with Crippen LogP contribution >= 0.6 is 0 Å². The minimum atomic E-state index is -0.514. The molecule has 1 aromatic heterocycles. The van der Waals surface area contributed by atoms with Gasteiger partial charge in [0.1, 0.15) is 0 Å². The van der Waals surface area contributed by atoms with Crippen molar-refractivity contribution in [2.45, 2.75) is 38.9 Å². The van der Waals surface area contributed by atoms with Gasteiger partial charge in [0, 0.05) is 6.54 Å². The molecule has 1 aliphatic heterocycles. The summed E-state index contributed by atoms with van der Waals surface area (Å²) in [4.78, 5) is 8.31. The topological polar surface area (TPSA) is 106 Å². The molecule has 8 heteroatoms. The van der Waals surface area contributed by atoms with Crippen molar-refractivity contribution < 1.29 is 14.0 Å². The van der Waals surface area contributed by atoms with Crippen molar-refractivity contribution in [3.8, 4) is 5.88 Å². The Labute approximate surface area is 131 Å². The van der Waals surface area contributed by atoms with Crippen molar-refractivity contribution >= 4 is 19.0 Å². The lowest BCUT2D eigenvalue weighted by atomic mass is 9.77. The molecule has 0 aliphatic carbocycles. The Morgan fingerprint density at radius 2 is 1.91 bits per heavy atom. The highest BCUT2D eigenvalue weighted by molar-refractivity contribution is 6.55. The van der Waals surface area contributed by atoms with E-state index in [0.717, 1.165) is 5.47 Å². The molecule has 22 heavy (non-hydrogen) atoms. The molecule has 1 aromatic rings. The van der Waals surface area contributed by atoms with E-state index in [1.807, 2.05) is 27.7 Å². The lowest BCUT2D eigenvalue weighted by Gasteiger charge is -2.32. The molecule has 0 saturated carbocycles. The summed E-state index contributed by atoms with van der Waals surface area (Å²) in [6.45, 7) is 8.26. The molecule has 0 amide bonds. The molecule has 120 valence electrons. The summed E-state index contributed by atoms with van der Waals surface area (Å²) in [5.74, 6) is 0.517. The Morgan fingerprint density at radius 1 is 1.32 bits per heavy atom. The predicted molar refractivity (Wildman–Crippen MR) is 86.1 cm³/mol. The molecule has 0 aromatic carbocycles. The summed E-state index contributed by atoms with van der Waals surface area (Å²) in [6, 6.07) is 0. The smallest absolute Gasteiger partial charge is 0.478 e. The van der Waals surface area contributed by atoms with E-state index in [9.17, 15) is 0 Å². The Balaban J connectivity index is 2.29.